The van der Waals surface area contributed by atoms with Crippen molar-refractivity contribution in [3.63, 3.8) is 0 Å². The third kappa shape index (κ3) is 4.43. The molecular weight excluding hydrogens is 310 g/mol. The van der Waals surface area contributed by atoms with Gasteiger partial charge in [0.05, 0.1) is 0 Å². The van der Waals surface area contributed by atoms with Crippen molar-refractivity contribution >= 4 is 51.8 Å². The van der Waals surface area contributed by atoms with Crippen molar-refractivity contribution < 1.29 is 0 Å². The Morgan fingerprint density at radius 2 is 1.57 bits per heavy atom. The van der Waals surface area contributed by atoms with Gasteiger partial charge in [-0.05, 0) is 12.2 Å². The minimum Gasteiger partial charge on any atom is -0.382 e. The van der Waals surface area contributed by atoms with Gasteiger partial charge in [0.1, 0.15) is 10.0 Å². The zero-order chi connectivity index (χ0) is 15.2. The molecule has 2 aromatic rings. The van der Waals surface area contributed by atoms with Gasteiger partial charge in [-0.3, -0.25) is 5.41 Å². The second kappa shape index (κ2) is 6.67. The number of aliphatic imine (C=N–C) groups is 1. The molecule has 0 bridgehead atoms. The Bertz CT molecular complexity index is 720. The second-order valence-corrected chi connectivity index (χ2v) is 5.53. The van der Waals surface area contributed by atoms with E-state index in [0.717, 1.165) is 0 Å². The molecule has 0 spiro atoms. The van der Waals surface area contributed by atoms with Crippen LogP contribution >= 0.6 is 22.7 Å². The topological polar surface area (TPSA) is 166 Å². The number of nitrogens with zero attached hydrogens (tertiary/aromatic N) is 5. The highest BCUT2D eigenvalue weighted by Gasteiger charge is 2.03. The van der Waals surface area contributed by atoms with Crippen molar-refractivity contribution in [1.29, 1.82) is 5.41 Å². The third-order valence-electron chi connectivity index (χ3n) is 1.91. The molecule has 2 heterocycles. The molecule has 0 aliphatic carbocycles. The summed E-state index contributed by atoms with van der Waals surface area (Å²) in [5, 5.41) is 24.7. The lowest BCUT2D eigenvalue weighted by molar-refractivity contribution is 1.06. The number of nitrogens with two attached hydrogens (primary N) is 3. The fourth-order valence-electron chi connectivity index (χ4n) is 1.14. The van der Waals surface area contributed by atoms with E-state index in [1.807, 2.05) is 0 Å². The lowest BCUT2D eigenvalue weighted by Crippen LogP contribution is -2.21. The predicted molar refractivity (Wildman–Crippen MR) is 84.4 cm³/mol. The van der Waals surface area contributed by atoms with E-state index in [1.165, 1.54) is 22.7 Å². The molecule has 0 amide bonds. The zero-order valence-corrected chi connectivity index (χ0v) is 12.2. The van der Waals surface area contributed by atoms with Crippen LogP contribution in [0.4, 0.5) is 5.13 Å². The number of hydrogen-bond donors (Lipinski definition) is 4. The minimum absolute atomic E-state index is 0.0564. The summed E-state index contributed by atoms with van der Waals surface area (Å²) >= 11 is 2.49. The van der Waals surface area contributed by atoms with E-state index < -0.39 is 0 Å². The van der Waals surface area contributed by atoms with E-state index in [1.54, 1.807) is 24.3 Å². The number of nitrogen functional groups attached to an aromatic ring is 1. The average Bonchev–Trinajstić information content (AvgIpc) is 3.03. The first-order valence-corrected chi connectivity index (χ1v) is 7.13. The number of hydrogen-bond acceptors (Lipinski definition) is 8. The van der Waals surface area contributed by atoms with Crippen LogP contribution in [0, 0.1) is 5.41 Å². The molecular formula is C10H11N9S2. The minimum atomic E-state index is -0.0937. The highest BCUT2D eigenvalue weighted by atomic mass is 32.1. The van der Waals surface area contributed by atoms with Crippen molar-refractivity contribution in [1.82, 2.24) is 20.4 Å². The van der Waals surface area contributed by atoms with E-state index in [-0.39, 0.29) is 11.8 Å². The summed E-state index contributed by atoms with van der Waals surface area (Å²) in [5.74, 6) is -0.150. The second-order valence-electron chi connectivity index (χ2n) is 3.54. The largest absolute Gasteiger partial charge is 0.382 e. The van der Waals surface area contributed by atoms with Crippen LogP contribution in [0.1, 0.15) is 15.0 Å². The molecule has 0 aliphatic rings. The van der Waals surface area contributed by atoms with Gasteiger partial charge >= 0.3 is 0 Å². The third-order valence-corrected chi connectivity index (χ3v) is 3.62. The summed E-state index contributed by atoms with van der Waals surface area (Å²) in [4.78, 5) is 3.79. The summed E-state index contributed by atoms with van der Waals surface area (Å²) in [5.41, 5.74) is 15.8. The SMILES string of the molecule is N=C(N)c1nnc(C=CC=Cc2nnc(N=C(N)N)s2)s1. The smallest absolute Gasteiger partial charge is 0.235 e. The average molecular weight is 321 g/mol. The predicted octanol–water partition coefficient (Wildman–Crippen LogP) is 0.305. The van der Waals surface area contributed by atoms with Gasteiger partial charge < -0.3 is 17.2 Å². The van der Waals surface area contributed by atoms with Crippen LogP contribution in [-0.4, -0.2) is 32.2 Å². The lowest BCUT2D eigenvalue weighted by atomic mass is 10.4. The zero-order valence-electron chi connectivity index (χ0n) is 10.6. The van der Waals surface area contributed by atoms with Gasteiger partial charge in [0, 0.05) is 0 Å². The van der Waals surface area contributed by atoms with Crippen LogP contribution in [0.25, 0.3) is 12.2 Å². The maximum absolute atomic E-state index is 7.23. The fraction of sp³-hybridized carbons (Fsp3) is 0. The van der Waals surface area contributed by atoms with Crippen molar-refractivity contribution in [2.75, 3.05) is 0 Å². The molecule has 21 heavy (non-hydrogen) atoms. The Morgan fingerprint density at radius 1 is 0.952 bits per heavy atom. The van der Waals surface area contributed by atoms with Gasteiger partial charge in [-0.15, -0.1) is 20.4 Å². The number of guanidine groups is 1. The quantitative estimate of drug-likeness (QED) is 0.349. The molecule has 11 heteroatoms. The van der Waals surface area contributed by atoms with E-state index in [2.05, 4.69) is 25.4 Å². The van der Waals surface area contributed by atoms with Crippen molar-refractivity contribution in [2.45, 2.75) is 0 Å². The molecule has 0 saturated heterocycles. The molecule has 0 saturated carbocycles. The normalized spacial score (nSPS) is 11.2. The van der Waals surface area contributed by atoms with Gasteiger partial charge in [0.15, 0.2) is 16.8 Å². The van der Waals surface area contributed by atoms with Gasteiger partial charge in [0.25, 0.3) is 0 Å². The van der Waals surface area contributed by atoms with Gasteiger partial charge in [-0.25, -0.2) is 0 Å². The Kier molecular flexibility index (Phi) is 4.68. The van der Waals surface area contributed by atoms with Crippen LogP contribution in [0.3, 0.4) is 0 Å². The van der Waals surface area contributed by atoms with Crippen LogP contribution in [-0.2, 0) is 0 Å². The van der Waals surface area contributed by atoms with Crippen LogP contribution < -0.4 is 17.2 Å². The summed E-state index contributed by atoms with van der Waals surface area (Å²) in [6, 6.07) is 0. The highest BCUT2D eigenvalue weighted by Crippen LogP contribution is 2.19. The molecule has 0 atom stereocenters. The summed E-state index contributed by atoms with van der Waals surface area (Å²) in [7, 11) is 0. The number of allylic oxidation sites excluding steroid dienone is 2. The molecule has 9 nitrogen and oxygen atoms in total. The Labute approximate surface area is 127 Å². The summed E-state index contributed by atoms with van der Waals surface area (Å²) < 4.78 is 0. The maximum atomic E-state index is 7.23. The van der Waals surface area contributed by atoms with Crippen molar-refractivity contribution in [3.05, 3.63) is 27.2 Å². The first kappa shape index (κ1) is 14.7. The van der Waals surface area contributed by atoms with Crippen molar-refractivity contribution in [2.24, 2.45) is 22.2 Å². The number of rotatable bonds is 5. The van der Waals surface area contributed by atoms with E-state index in [9.17, 15) is 0 Å². The summed E-state index contributed by atoms with van der Waals surface area (Å²) in [6.07, 6.45) is 7.05. The van der Waals surface area contributed by atoms with Gasteiger partial charge in [0.2, 0.25) is 5.13 Å². The highest BCUT2D eigenvalue weighted by molar-refractivity contribution is 7.15. The molecule has 0 aromatic carbocycles. The van der Waals surface area contributed by atoms with Crippen LogP contribution in [0.2, 0.25) is 0 Å². The molecule has 0 fully saturated rings. The summed E-state index contributed by atoms with van der Waals surface area (Å²) in [6.45, 7) is 0. The first-order chi connectivity index (χ1) is 10.0. The number of nitrogens with one attached hydrogen (secondary N) is 1. The molecule has 0 radical (unpaired) electrons. The fourth-order valence-corrected chi connectivity index (χ4v) is 2.40. The molecule has 0 aliphatic heterocycles. The van der Waals surface area contributed by atoms with Gasteiger partial charge in [-0.1, -0.05) is 34.8 Å². The van der Waals surface area contributed by atoms with Crippen molar-refractivity contribution in [3.8, 4) is 0 Å². The molecule has 0 unspecified atom stereocenters. The molecule has 7 N–H and O–H groups in total. The monoisotopic (exact) mass is 321 g/mol. The van der Waals surface area contributed by atoms with E-state index in [4.69, 9.17) is 22.6 Å². The molecule has 2 rings (SSSR count). The Morgan fingerprint density at radius 3 is 2.14 bits per heavy atom. The molecule has 108 valence electrons. The van der Waals surface area contributed by atoms with Gasteiger partial charge in [-0.2, -0.15) is 4.99 Å². The lowest BCUT2D eigenvalue weighted by Gasteiger charge is -1.83. The number of amidine groups is 1. The number of aromatic nitrogens is 4. The molecule has 2 aromatic heterocycles. The Balaban J connectivity index is 1.98. The van der Waals surface area contributed by atoms with E-state index in [0.29, 0.717) is 20.2 Å². The maximum Gasteiger partial charge on any atom is 0.235 e. The standard InChI is InChI=1S/C10H11N9S2/c11-7(12)8-18-16-5(20-8)3-1-2-4-6-17-19-10(21-6)15-9(13)14/h1-4H,(H3,11,12)(H4,13,14,15,19). The van der Waals surface area contributed by atoms with Crippen LogP contribution in [0.15, 0.2) is 17.1 Å². The Hall–Kier alpha value is -2.66. The van der Waals surface area contributed by atoms with Crippen LogP contribution in [0.5, 0.6) is 0 Å². The first-order valence-electron chi connectivity index (χ1n) is 5.50. The van der Waals surface area contributed by atoms with E-state index >= 15 is 0 Å².